The molecule has 0 fully saturated rings. The molecule has 2 rings (SSSR count). The first kappa shape index (κ1) is 16.2. The van der Waals surface area contributed by atoms with Crippen LogP contribution in [0.2, 0.25) is 0 Å². The largest absolute Gasteiger partial charge is 0.481 e. The molecular weight excluding hydrogens is 304 g/mol. The Morgan fingerprint density at radius 3 is 2.82 bits per heavy atom. The van der Waals surface area contributed by atoms with E-state index in [0.717, 1.165) is 15.8 Å². The molecule has 3 N–H and O–H groups in total. The number of fused-ring (bicyclic) bond motifs is 1. The van der Waals surface area contributed by atoms with Gasteiger partial charge in [0.15, 0.2) is 0 Å². The Balaban J connectivity index is 1.92. The number of hydrogen-bond acceptors (Lipinski definition) is 6. The van der Waals surface area contributed by atoms with Gasteiger partial charge in [0.1, 0.15) is 17.0 Å². The summed E-state index contributed by atoms with van der Waals surface area (Å²) in [7, 11) is 0. The van der Waals surface area contributed by atoms with E-state index in [1.807, 2.05) is 13.8 Å². The van der Waals surface area contributed by atoms with Crippen LogP contribution in [0, 0.1) is 13.8 Å². The predicted molar refractivity (Wildman–Crippen MR) is 85.3 cm³/mol. The molecule has 2 heterocycles. The van der Waals surface area contributed by atoms with Crippen LogP contribution in [0.25, 0.3) is 10.2 Å². The van der Waals surface area contributed by atoms with Crippen molar-refractivity contribution in [3.8, 4) is 0 Å². The maximum Gasteiger partial charge on any atom is 0.303 e. The van der Waals surface area contributed by atoms with Crippen molar-refractivity contribution in [1.82, 2.24) is 15.3 Å². The zero-order valence-electron chi connectivity index (χ0n) is 12.5. The molecule has 0 radical (unpaired) electrons. The second kappa shape index (κ2) is 7.17. The second-order valence-corrected chi connectivity index (χ2v) is 6.09. The van der Waals surface area contributed by atoms with Crippen molar-refractivity contribution in [1.29, 1.82) is 0 Å². The Kier molecular flexibility index (Phi) is 5.26. The highest BCUT2D eigenvalue weighted by atomic mass is 32.1. The molecule has 0 saturated heterocycles. The molecular formula is C14H18N4O3S. The third-order valence-electron chi connectivity index (χ3n) is 3.27. The van der Waals surface area contributed by atoms with Crippen LogP contribution >= 0.6 is 11.3 Å². The van der Waals surface area contributed by atoms with E-state index in [1.54, 1.807) is 11.3 Å². The first-order valence-electron chi connectivity index (χ1n) is 6.92. The first-order chi connectivity index (χ1) is 10.5. The zero-order chi connectivity index (χ0) is 16.1. The molecule has 0 spiro atoms. The van der Waals surface area contributed by atoms with E-state index >= 15 is 0 Å². The molecule has 0 aliphatic heterocycles. The molecule has 0 aliphatic rings. The summed E-state index contributed by atoms with van der Waals surface area (Å²) in [5.74, 6) is -0.409. The smallest absolute Gasteiger partial charge is 0.303 e. The topological polar surface area (TPSA) is 104 Å². The van der Waals surface area contributed by atoms with E-state index in [0.29, 0.717) is 18.8 Å². The average Bonchev–Trinajstić information content (AvgIpc) is 2.77. The molecule has 2 aromatic rings. The number of amides is 1. The van der Waals surface area contributed by atoms with Crippen molar-refractivity contribution >= 4 is 39.2 Å². The van der Waals surface area contributed by atoms with Gasteiger partial charge < -0.3 is 15.7 Å². The van der Waals surface area contributed by atoms with Gasteiger partial charge in [0.05, 0.1) is 11.9 Å². The van der Waals surface area contributed by atoms with Gasteiger partial charge >= 0.3 is 5.97 Å². The lowest BCUT2D eigenvalue weighted by Gasteiger charge is -2.08. The minimum atomic E-state index is -0.862. The maximum atomic E-state index is 11.7. The van der Waals surface area contributed by atoms with Crippen LogP contribution in [-0.2, 0) is 9.59 Å². The normalized spacial score (nSPS) is 10.6. The number of aliphatic carboxylic acids is 1. The summed E-state index contributed by atoms with van der Waals surface area (Å²) in [6.07, 6.45) is 1.94. The SMILES string of the molecule is Cc1sc2ncnc(NCC(=O)NCCCC(=O)O)c2c1C. The highest BCUT2D eigenvalue weighted by Gasteiger charge is 2.12. The number of aromatic nitrogens is 2. The molecule has 0 saturated carbocycles. The molecule has 22 heavy (non-hydrogen) atoms. The third kappa shape index (κ3) is 3.91. The lowest BCUT2D eigenvalue weighted by atomic mass is 10.2. The second-order valence-electron chi connectivity index (χ2n) is 4.89. The molecule has 1 amide bonds. The van der Waals surface area contributed by atoms with Gasteiger partial charge in [0, 0.05) is 17.8 Å². The van der Waals surface area contributed by atoms with E-state index in [-0.39, 0.29) is 18.9 Å². The summed E-state index contributed by atoms with van der Waals surface area (Å²) in [6, 6.07) is 0. The van der Waals surface area contributed by atoms with Gasteiger partial charge in [0.25, 0.3) is 0 Å². The number of rotatable bonds is 7. The highest BCUT2D eigenvalue weighted by Crippen LogP contribution is 2.32. The van der Waals surface area contributed by atoms with Gasteiger partial charge in [-0.3, -0.25) is 9.59 Å². The summed E-state index contributed by atoms with van der Waals surface area (Å²) in [5.41, 5.74) is 1.12. The fourth-order valence-electron chi connectivity index (χ4n) is 2.01. The van der Waals surface area contributed by atoms with Crippen LogP contribution < -0.4 is 10.6 Å². The minimum absolute atomic E-state index is 0.0492. The number of carboxylic acids is 1. The van der Waals surface area contributed by atoms with Crippen molar-refractivity contribution < 1.29 is 14.7 Å². The predicted octanol–water partition coefficient (Wildman–Crippen LogP) is 1.70. The number of aryl methyl sites for hydroxylation is 2. The summed E-state index contributed by atoms with van der Waals surface area (Å²) < 4.78 is 0. The number of nitrogens with zero attached hydrogens (tertiary/aromatic N) is 2. The Hall–Kier alpha value is -2.22. The van der Waals surface area contributed by atoms with Gasteiger partial charge in [-0.05, 0) is 25.8 Å². The number of hydrogen-bond donors (Lipinski definition) is 3. The number of thiophene rings is 1. The van der Waals surface area contributed by atoms with Crippen LogP contribution in [0.15, 0.2) is 6.33 Å². The Labute approximate surface area is 131 Å². The Morgan fingerprint density at radius 2 is 2.09 bits per heavy atom. The van der Waals surface area contributed by atoms with Gasteiger partial charge in [-0.25, -0.2) is 9.97 Å². The van der Waals surface area contributed by atoms with Crippen LogP contribution in [0.5, 0.6) is 0 Å². The van der Waals surface area contributed by atoms with E-state index in [1.165, 1.54) is 11.2 Å². The number of carboxylic acid groups (broad SMARTS) is 1. The number of carbonyl (C=O) groups excluding carboxylic acids is 1. The molecule has 0 atom stereocenters. The summed E-state index contributed by atoms with van der Waals surface area (Å²) in [5, 5.41) is 15.2. The molecule has 8 heteroatoms. The number of carbonyl (C=O) groups is 2. The monoisotopic (exact) mass is 322 g/mol. The molecule has 0 aliphatic carbocycles. The molecule has 118 valence electrons. The van der Waals surface area contributed by atoms with Gasteiger partial charge in [0.2, 0.25) is 5.91 Å². The number of anilines is 1. The lowest BCUT2D eigenvalue weighted by Crippen LogP contribution is -2.31. The average molecular weight is 322 g/mol. The van der Waals surface area contributed by atoms with E-state index in [4.69, 9.17) is 5.11 Å². The van der Waals surface area contributed by atoms with Crippen LogP contribution in [-0.4, -0.2) is 40.0 Å². The van der Waals surface area contributed by atoms with Crippen molar-refractivity contribution in [2.24, 2.45) is 0 Å². The van der Waals surface area contributed by atoms with Crippen molar-refractivity contribution in [3.63, 3.8) is 0 Å². The van der Waals surface area contributed by atoms with Gasteiger partial charge in [-0.15, -0.1) is 11.3 Å². The summed E-state index contributed by atoms with van der Waals surface area (Å²) in [4.78, 5) is 32.6. The van der Waals surface area contributed by atoms with Gasteiger partial charge in [-0.2, -0.15) is 0 Å². The fourth-order valence-corrected chi connectivity index (χ4v) is 3.01. The fraction of sp³-hybridized carbons (Fsp3) is 0.429. The first-order valence-corrected chi connectivity index (χ1v) is 7.73. The lowest BCUT2D eigenvalue weighted by molar-refractivity contribution is -0.137. The maximum absolute atomic E-state index is 11.7. The summed E-state index contributed by atoms with van der Waals surface area (Å²) >= 11 is 1.60. The zero-order valence-corrected chi connectivity index (χ0v) is 13.3. The van der Waals surface area contributed by atoms with Crippen molar-refractivity contribution in [3.05, 3.63) is 16.8 Å². The highest BCUT2D eigenvalue weighted by molar-refractivity contribution is 7.18. The molecule has 0 aromatic carbocycles. The van der Waals surface area contributed by atoms with Crippen molar-refractivity contribution in [2.45, 2.75) is 26.7 Å². The summed E-state index contributed by atoms with van der Waals surface area (Å²) in [6.45, 7) is 4.48. The van der Waals surface area contributed by atoms with E-state index in [2.05, 4.69) is 20.6 Å². The standard InChI is InChI=1S/C14H18N4O3S/c1-8-9(2)22-14-12(8)13(17-7-18-14)16-6-10(19)15-5-3-4-11(20)21/h7H,3-6H2,1-2H3,(H,15,19)(H,20,21)(H,16,17,18). The number of nitrogens with one attached hydrogen (secondary N) is 2. The van der Waals surface area contributed by atoms with Crippen LogP contribution in [0.4, 0.5) is 5.82 Å². The van der Waals surface area contributed by atoms with Gasteiger partial charge in [-0.1, -0.05) is 0 Å². The minimum Gasteiger partial charge on any atom is -0.481 e. The Bertz CT molecular complexity index is 699. The molecule has 0 unspecified atom stereocenters. The van der Waals surface area contributed by atoms with E-state index in [9.17, 15) is 9.59 Å². The quantitative estimate of drug-likeness (QED) is 0.670. The molecule has 0 bridgehead atoms. The van der Waals surface area contributed by atoms with Crippen LogP contribution in [0.1, 0.15) is 23.3 Å². The van der Waals surface area contributed by atoms with Crippen molar-refractivity contribution in [2.75, 3.05) is 18.4 Å². The molecule has 7 nitrogen and oxygen atoms in total. The Morgan fingerprint density at radius 1 is 1.32 bits per heavy atom. The van der Waals surface area contributed by atoms with Crippen LogP contribution in [0.3, 0.4) is 0 Å². The molecule has 2 aromatic heterocycles. The third-order valence-corrected chi connectivity index (χ3v) is 4.39. The van der Waals surface area contributed by atoms with E-state index < -0.39 is 5.97 Å².